The van der Waals surface area contributed by atoms with Crippen molar-refractivity contribution in [3.05, 3.63) is 23.3 Å². The summed E-state index contributed by atoms with van der Waals surface area (Å²) in [6.07, 6.45) is -0.280. The monoisotopic (exact) mass is 352 g/mol. The highest BCUT2D eigenvalue weighted by Gasteiger charge is 2.41. The predicted octanol–water partition coefficient (Wildman–Crippen LogP) is 2.02. The molecule has 7 heteroatoms. The van der Waals surface area contributed by atoms with E-state index in [9.17, 15) is 13.2 Å². The lowest BCUT2D eigenvalue weighted by Crippen LogP contribution is -2.48. The molecule has 1 aromatic carbocycles. The van der Waals surface area contributed by atoms with Gasteiger partial charge in [0.25, 0.3) is 0 Å². The summed E-state index contributed by atoms with van der Waals surface area (Å²) < 4.78 is 33.3. The second-order valence-corrected chi connectivity index (χ2v) is 9.26. The lowest BCUT2D eigenvalue weighted by atomic mass is 9.85. The number of hydrogen-bond acceptors (Lipinski definition) is 4. The number of carbonyl (C=O) groups excluding carboxylic acids is 1. The Bertz CT molecular complexity index is 791. The van der Waals surface area contributed by atoms with Gasteiger partial charge in [-0.25, -0.2) is 8.42 Å². The highest BCUT2D eigenvalue weighted by molar-refractivity contribution is 7.89. The van der Waals surface area contributed by atoms with Crippen LogP contribution in [0.25, 0.3) is 0 Å². The number of amides is 1. The zero-order valence-corrected chi connectivity index (χ0v) is 15.5. The summed E-state index contributed by atoms with van der Waals surface area (Å²) in [6.45, 7) is 9.86. The number of ether oxygens (including phenoxy) is 1. The largest absolute Gasteiger partial charge is 0.373 e. The number of nitrogens with one attached hydrogen (secondary N) is 1. The molecule has 1 amide bonds. The average Bonchev–Trinajstić information content (AvgIpc) is 2.69. The number of rotatable bonds is 2. The minimum atomic E-state index is -3.63. The number of morpholine rings is 1. The first-order valence-electron chi connectivity index (χ1n) is 8.15. The maximum Gasteiger partial charge on any atom is 0.243 e. The van der Waals surface area contributed by atoms with Crippen molar-refractivity contribution in [2.45, 2.75) is 57.1 Å². The van der Waals surface area contributed by atoms with Gasteiger partial charge in [0.1, 0.15) is 0 Å². The fourth-order valence-corrected chi connectivity index (χ4v) is 5.13. The van der Waals surface area contributed by atoms with Gasteiger partial charge in [0.15, 0.2) is 0 Å². The van der Waals surface area contributed by atoms with Crippen molar-refractivity contribution in [1.29, 1.82) is 0 Å². The SMILES string of the molecule is Cc1cc(S(=O)(=O)N2C[C@@H](C)O[C@H](C)C2)cc2c1NC(=O)C2(C)C. The molecule has 1 fully saturated rings. The van der Waals surface area contributed by atoms with E-state index in [0.717, 1.165) is 16.8 Å². The molecule has 2 heterocycles. The van der Waals surface area contributed by atoms with E-state index in [0.29, 0.717) is 13.1 Å². The lowest BCUT2D eigenvalue weighted by molar-refractivity contribution is -0.119. The van der Waals surface area contributed by atoms with Gasteiger partial charge in [-0.2, -0.15) is 4.31 Å². The van der Waals surface area contributed by atoms with Gasteiger partial charge in [0.2, 0.25) is 15.9 Å². The number of carbonyl (C=O) groups is 1. The second kappa shape index (κ2) is 5.54. The van der Waals surface area contributed by atoms with Crippen molar-refractivity contribution in [3.8, 4) is 0 Å². The first kappa shape index (κ1) is 17.4. The number of aryl methyl sites for hydroxylation is 1. The Hall–Kier alpha value is -1.44. The van der Waals surface area contributed by atoms with Crippen molar-refractivity contribution in [3.63, 3.8) is 0 Å². The molecule has 0 spiro atoms. The average molecular weight is 352 g/mol. The Morgan fingerprint density at radius 3 is 2.38 bits per heavy atom. The van der Waals surface area contributed by atoms with E-state index in [4.69, 9.17) is 4.74 Å². The van der Waals surface area contributed by atoms with Crippen molar-refractivity contribution in [2.24, 2.45) is 0 Å². The Morgan fingerprint density at radius 1 is 1.21 bits per heavy atom. The summed E-state index contributed by atoms with van der Waals surface area (Å²) in [6, 6.07) is 3.28. The number of nitrogens with zero attached hydrogens (tertiary/aromatic N) is 1. The van der Waals surface area contributed by atoms with Crippen LogP contribution in [0.2, 0.25) is 0 Å². The fourth-order valence-electron chi connectivity index (χ4n) is 3.43. The van der Waals surface area contributed by atoms with Gasteiger partial charge >= 0.3 is 0 Å². The Labute approximate surface area is 143 Å². The molecule has 1 aromatic rings. The van der Waals surface area contributed by atoms with Crippen molar-refractivity contribution < 1.29 is 17.9 Å². The van der Waals surface area contributed by atoms with Gasteiger partial charge in [-0.1, -0.05) is 0 Å². The fraction of sp³-hybridized carbons (Fsp3) is 0.588. The van der Waals surface area contributed by atoms with Crippen LogP contribution in [0.15, 0.2) is 17.0 Å². The van der Waals surface area contributed by atoms with E-state index in [2.05, 4.69) is 5.32 Å². The van der Waals surface area contributed by atoms with Crippen LogP contribution in [0.3, 0.4) is 0 Å². The van der Waals surface area contributed by atoms with Crippen LogP contribution in [0, 0.1) is 6.92 Å². The molecule has 0 aliphatic carbocycles. The third-order valence-corrected chi connectivity index (χ3v) is 6.62. The van der Waals surface area contributed by atoms with E-state index in [1.807, 2.05) is 34.6 Å². The number of benzene rings is 1. The Kier molecular flexibility index (Phi) is 4.01. The van der Waals surface area contributed by atoms with Gasteiger partial charge in [-0.05, 0) is 57.9 Å². The van der Waals surface area contributed by atoms with Gasteiger partial charge < -0.3 is 10.1 Å². The van der Waals surface area contributed by atoms with Crippen LogP contribution < -0.4 is 5.32 Å². The van der Waals surface area contributed by atoms with E-state index >= 15 is 0 Å². The maximum absolute atomic E-state index is 13.1. The normalized spacial score (nSPS) is 27.0. The van der Waals surface area contributed by atoms with Crippen molar-refractivity contribution >= 4 is 21.6 Å². The summed E-state index contributed by atoms with van der Waals surface area (Å²) in [7, 11) is -3.63. The smallest absolute Gasteiger partial charge is 0.243 e. The molecule has 132 valence electrons. The van der Waals surface area contributed by atoms with Gasteiger partial charge in [-0.15, -0.1) is 0 Å². The molecular weight excluding hydrogens is 328 g/mol. The second-order valence-electron chi connectivity index (χ2n) is 7.32. The summed E-state index contributed by atoms with van der Waals surface area (Å²) in [4.78, 5) is 12.4. The summed E-state index contributed by atoms with van der Waals surface area (Å²) in [5.74, 6) is -0.108. The van der Waals surface area contributed by atoms with Crippen LogP contribution in [0.4, 0.5) is 5.69 Å². The number of hydrogen-bond donors (Lipinski definition) is 1. The van der Waals surface area contributed by atoms with Crippen LogP contribution in [0.5, 0.6) is 0 Å². The van der Waals surface area contributed by atoms with Crippen LogP contribution >= 0.6 is 0 Å². The van der Waals surface area contributed by atoms with E-state index in [1.54, 1.807) is 12.1 Å². The number of anilines is 1. The molecule has 2 atom stereocenters. The molecule has 0 radical (unpaired) electrons. The molecule has 1 N–H and O–H groups in total. The first-order valence-corrected chi connectivity index (χ1v) is 9.59. The molecule has 6 nitrogen and oxygen atoms in total. The van der Waals surface area contributed by atoms with Gasteiger partial charge in [0.05, 0.1) is 22.5 Å². The Balaban J connectivity index is 2.06. The summed E-state index contributed by atoms with van der Waals surface area (Å²) in [5, 5.41) is 2.86. The topological polar surface area (TPSA) is 75.7 Å². The molecule has 0 saturated carbocycles. The Morgan fingerprint density at radius 2 is 1.79 bits per heavy atom. The quantitative estimate of drug-likeness (QED) is 0.883. The minimum Gasteiger partial charge on any atom is -0.373 e. The first-order chi connectivity index (χ1) is 11.0. The number of fused-ring (bicyclic) bond motifs is 1. The molecule has 3 rings (SSSR count). The van der Waals surface area contributed by atoms with Crippen LogP contribution in [0.1, 0.15) is 38.8 Å². The van der Waals surface area contributed by atoms with E-state index in [-0.39, 0.29) is 23.0 Å². The molecule has 0 unspecified atom stereocenters. The molecule has 1 saturated heterocycles. The third kappa shape index (κ3) is 2.64. The molecule has 24 heavy (non-hydrogen) atoms. The van der Waals surface area contributed by atoms with Crippen LogP contribution in [-0.4, -0.2) is 43.9 Å². The zero-order chi connectivity index (χ0) is 17.9. The van der Waals surface area contributed by atoms with Crippen LogP contribution in [-0.2, 0) is 25.0 Å². The van der Waals surface area contributed by atoms with E-state index < -0.39 is 15.4 Å². The highest BCUT2D eigenvalue weighted by atomic mass is 32.2. The molecular formula is C17H24N2O4S. The highest BCUT2D eigenvalue weighted by Crippen LogP contribution is 2.41. The van der Waals surface area contributed by atoms with E-state index in [1.165, 1.54) is 4.31 Å². The maximum atomic E-state index is 13.1. The van der Waals surface area contributed by atoms with Gasteiger partial charge in [-0.3, -0.25) is 4.79 Å². The minimum absolute atomic E-state index is 0.108. The third-order valence-electron chi connectivity index (χ3n) is 4.81. The molecule has 0 aromatic heterocycles. The molecule has 0 bridgehead atoms. The predicted molar refractivity (Wildman–Crippen MR) is 91.6 cm³/mol. The molecule has 2 aliphatic rings. The van der Waals surface area contributed by atoms with Crippen molar-refractivity contribution in [1.82, 2.24) is 4.31 Å². The summed E-state index contributed by atoms with van der Waals surface area (Å²) >= 11 is 0. The van der Waals surface area contributed by atoms with Gasteiger partial charge in [0, 0.05) is 18.8 Å². The zero-order valence-electron chi connectivity index (χ0n) is 14.7. The standard InChI is InChI=1S/C17H24N2O4S/c1-10-6-13(7-14-15(10)18-16(20)17(14,4)5)24(21,22)19-8-11(2)23-12(3)9-19/h6-7,11-12H,8-9H2,1-5H3,(H,18,20)/t11-,12-/m1/s1. The lowest BCUT2D eigenvalue weighted by Gasteiger charge is -2.34. The summed E-state index contributed by atoms with van der Waals surface area (Å²) in [5.41, 5.74) is 1.49. The number of sulfonamides is 1. The van der Waals surface area contributed by atoms with Crippen molar-refractivity contribution in [2.75, 3.05) is 18.4 Å². The molecule has 2 aliphatic heterocycles.